The second-order valence-corrected chi connectivity index (χ2v) is 4.58. The average molecular weight is 271 g/mol. The van der Waals surface area contributed by atoms with Gasteiger partial charge in [-0.1, -0.05) is 18.5 Å². The van der Waals surface area contributed by atoms with E-state index in [0.717, 1.165) is 0 Å². The number of benzene rings is 1. The zero-order valence-electron chi connectivity index (χ0n) is 10.2. The molecule has 0 bridgehead atoms. The molecule has 0 fully saturated rings. The molecule has 18 heavy (non-hydrogen) atoms. The minimum absolute atomic E-state index is 0.191. The van der Waals surface area contributed by atoms with Gasteiger partial charge in [-0.15, -0.1) is 0 Å². The molecule has 98 valence electrons. The van der Waals surface area contributed by atoms with Gasteiger partial charge in [0, 0.05) is 5.69 Å². The van der Waals surface area contributed by atoms with E-state index in [1.165, 1.54) is 12.1 Å². The fraction of sp³-hybridized carbons (Fsp3) is 0.333. The van der Waals surface area contributed by atoms with Gasteiger partial charge in [0.25, 0.3) is 0 Å². The topological polar surface area (TPSA) is 92.4 Å². The number of anilines is 1. The van der Waals surface area contributed by atoms with Crippen LogP contribution in [0, 0.1) is 0 Å². The highest BCUT2D eigenvalue weighted by Gasteiger charge is 2.30. The first-order chi connectivity index (χ1) is 8.30. The Morgan fingerprint density at radius 2 is 2.11 bits per heavy atom. The number of hydrogen-bond donors (Lipinski definition) is 3. The van der Waals surface area contributed by atoms with Crippen LogP contribution in [0.1, 0.15) is 30.6 Å². The number of nitrogens with one attached hydrogen (secondary N) is 1. The standard InChI is InChI=1S/C12H15ClN2O3/c1-3-12(2,11(17)18)15-7-4-5-8(10(14)16)9(13)6-7/h4-6,15H,3H2,1-2H3,(H2,14,16)(H,17,18). The van der Waals surface area contributed by atoms with Gasteiger partial charge in [-0.2, -0.15) is 0 Å². The van der Waals surface area contributed by atoms with Crippen molar-refractivity contribution in [2.45, 2.75) is 25.8 Å². The third-order valence-corrected chi connectivity index (χ3v) is 3.15. The molecule has 0 saturated carbocycles. The van der Waals surface area contributed by atoms with Gasteiger partial charge in [0.1, 0.15) is 5.54 Å². The van der Waals surface area contributed by atoms with Gasteiger partial charge >= 0.3 is 5.97 Å². The van der Waals surface area contributed by atoms with E-state index in [9.17, 15) is 9.59 Å². The number of hydrogen-bond acceptors (Lipinski definition) is 3. The van der Waals surface area contributed by atoms with Crippen molar-refractivity contribution in [3.63, 3.8) is 0 Å². The Bertz CT molecular complexity index is 490. The van der Waals surface area contributed by atoms with Crippen molar-refractivity contribution in [3.05, 3.63) is 28.8 Å². The molecule has 6 heteroatoms. The Balaban J connectivity index is 3.03. The summed E-state index contributed by atoms with van der Waals surface area (Å²) in [6.07, 6.45) is 0.400. The summed E-state index contributed by atoms with van der Waals surface area (Å²) in [5.41, 5.74) is 4.77. The van der Waals surface area contributed by atoms with Crippen molar-refractivity contribution in [3.8, 4) is 0 Å². The number of primary amides is 1. The second kappa shape index (κ2) is 5.27. The maximum atomic E-state index is 11.1. The number of aliphatic carboxylic acids is 1. The van der Waals surface area contributed by atoms with Gasteiger partial charge in [-0.05, 0) is 31.5 Å². The molecule has 5 nitrogen and oxygen atoms in total. The summed E-state index contributed by atoms with van der Waals surface area (Å²) in [6.45, 7) is 3.34. The van der Waals surface area contributed by atoms with Crippen LogP contribution in [0.15, 0.2) is 18.2 Å². The number of carbonyl (C=O) groups is 2. The monoisotopic (exact) mass is 270 g/mol. The fourth-order valence-corrected chi connectivity index (χ4v) is 1.68. The molecule has 1 atom stereocenters. The molecule has 1 aromatic carbocycles. The van der Waals surface area contributed by atoms with E-state index in [1.54, 1.807) is 19.9 Å². The lowest BCUT2D eigenvalue weighted by Gasteiger charge is -2.26. The number of rotatable bonds is 5. The first-order valence-electron chi connectivity index (χ1n) is 5.41. The predicted molar refractivity (Wildman–Crippen MR) is 69.9 cm³/mol. The van der Waals surface area contributed by atoms with Crippen LogP contribution in [0.4, 0.5) is 5.69 Å². The van der Waals surface area contributed by atoms with Crippen LogP contribution in [0.2, 0.25) is 5.02 Å². The van der Waals surface area contributed by atoms with Gasteiger partial charge in [-0.3, -0.25) is 4.79 Å². The number of nitrogens with two attached hydrogens (primary N) is 1. The first kappa shape index (κ1) is 14.3. The van der Waals surface area contributed by atoms with E-state index in [1.807, 2.05) is 0 Å². The van der Waals surface area contributed by atoms with Crippen LogP contribution in [-0.2, 0) is 4.79 Å². The van der Waals surface area contributed by atoms with Gasteiger partial charge in [0.2, 0.25) is 5.91 Å². The molecule has 0 aromatic heterocycles. The Morgan fingerprint density at radius 3 is 2.50 bits per heavy atom. The third-order valence-electron chi connectivity index (χ3n) is 2.83. The molecular formula is C12H15ClN2O3. The molecule has 0 saturated heterocycles. The normalized spacial score (nSPS) is 13.7. The minimum Gasteiger partial charge on any atom is -0.480 e. The lowest BCUT2D eigenvalue weighted by Crippen LogP contribution is -2.42. The van der Waals surface area contributed by atoms with Crippen LogP contribution < -0.4 is 11.1 Å². The van der Waals surface area contributed by atoms with E-state index in [-0.39, 0.29) is 10.6 Å². The average Bonchev–Trinajstić information content (AvgIpc) is 2.28. The smallest absolute Gasteiger partial charge is 0.329 e. The summed E-state index contributed by atoms with van der Waals surface area (Å²) in [4.78, 5) is 22.2. The fourth-order valence-electron chi connectivity index (χ4n) is 1.40. The molecule has 0 radical (unpaired) electrons. The highest BCUT2D eigenvalue weighted by Crippen LogP contribution is 2.24. The molecule has 0 aliphatic rings. The Kier molecular flexibility index (Phi) is 4.19. The van der Waals surface area contributed by atoms with Gasteiger partial charge in [0.05, 0.1) is 10.6 Å². The van der Waals surface area contributed by atoms with Crippen molar-refractivity contribution in [2.75, 3.05) is 5.32 Å². The van der Waals surface area contributed by atoms with E-state index in [0.29, 0.717) is 12.1 Å². The summed E-state index contributed by atoms with van der Waals surface area (Å²) in [5.74, 6) is -1.58. The van der Waals surface area contributed by atoms with E-state index in [2.05, 4.69) is 5.32 Å². The molecule has 0 spiro atoms. The second-order valence-electron chi connectivity index (χ2n) is 4.17. The van der Waals surface area contributed by atoms with Crippen molar-refractivity contribution in [2.24, 2.45) is 5.73 Å². The van der Waals surface area contributed by atoms with Crippen molar-refractivity contribution >= 4 is 29.2 Å². The van der Waals surface area contributed by atoms with E-state index in [4.69, 9.17) is 22.4 Å². The van der Waals surface area contributed by atoms with Gasteiger partial charge < -0.3 is 16.2 Å². The van der Waals surface area contributed by atoms with Crippen molar-refractivity contribution in [1.82, 2.24) is 0 Å². The lowest BCUT2D eigenvalue weighted by molar-refractivity contribution is -0.141. The molecule has 0 heterocycles. The molecule has 0 aliphatic carbocycles. The molecular weight excluding hydrogens is 256 g/mol. The Hall–Kier alpha value is -1.75. The van der Waals surface area contributed by atoms with Gasteiger partial charge in [0.15, 0.2) is 0 Å². The first-order valence-corrected chi connectivity index (χ1v) is 5.79. The van der Waals surface area contributed by atoms with Crippen LogP contribution in [-0.4, -0.2) is 22.5 Å². The third kappa shape index (κ3) is 2.92. The van der Waals surface area contributed by atoms with Crippen LogP contribution in [0.3, 0.4) is 0 Å². The molecule has 1 rings (SSSR count). The lowest BCUT2D eigenvalue weighted by atomic mass is 9.98. The van der Waals surface area contributed by atoms with Crippen LogP contribution in [0.5, 0.6) is 0 Å². The molecule has 1 amide bonds. The maximum Gasteiger partial charge on any atom is 0.329 e. The zero-order chi connectivity index (χ0) is 13.9. The van der Waals surface area contributed by atoms with Crippen molar-refractivity contribution < 1.29 is 14.7 Å². The summed E-state index contributed by atoms with van der Waals surface area (Å²) in [5, 5.41) is 12.2. The summed E-state index contributed by atoms with van der Waals surface area (Å²) in [7, 11) is 0. The van der Waals surface area contributed by atoms with Crippen LogP contribution >= 0.6 is 11.6 Å². The Morgan fingerprint density at radius 1 is 1.50 bits per heavy atom. The van der Waals surface area contributed by atoms with Gasteiger partial charge in [-0.25, -0.2) is 4.79 Å². The molecule has 1 unspecified atom stereocenters. The van der Waals surface area contributed by atoms with Crippen molar-refractivity contribution in [1.29, 1.82) is 0 Å². The predicted octanol–water partition coefficient (Wildman–Crippen LogP) is 2.10. The highest BCUT2D eigenvalue weighted by atomic mass is 35.5. The highest BCUT2D eigenvalue weighted by molar-refractivity contribution is 6.34. The number of carboxylic acids is 1. The van der Waals surface area contributed by atoms with E-state index < -0.39 is 17.4 Å². The number of halogens is 1. The quantitative estimate of drug-likeness (QED) is 0.764. The largest absolute Gasteiger partial charge is 0.480 e. The minimum atomic E-state index is -1.09. The summed E-state index contributed by atoms with van der Waals surface area (Å²) < 4.78 is 0. The maximum absolute atomic E-state index is 11.1. The molecule has 0 aliphatic heterocycles. The molecule has 1 aromatic rings. The summed E-state index contributed by atoms with van der Waals surface area (Å²) >= 11 is 5.89. The molecule has 4 N–H and O–H groups in total. The van der Waals surface area contributed by atoms with Crippen LogP contribution in [0.25, 0.3) is 0 Å². The SMILES string of the molecule is CCC(C)(Nc1ccc(C(N)=O)c(Cl)c1)C(=O)O. The zero-order valence-corrected chi connectivity index (χ0v) is 10.9. The Labute approximate surface area is 110 Å². The number of carboxylic acid groups (broad SMARTS) is 1. The number of carbonyl (C=O) groups excluding carboxylic acids is 1. The number of amides is 1. The van der Waals surface area contributed by atoms with E-state index >= 15 is 0 Å². The summed E-state index contributed by atoms with van der Waals surface area (Å²) in [6, 6.07) is 4.52.